The normalized spacial score (nSPS) is 10.9. The van der Waals surface area contributed by atoms with Crippen LogP contribution in [0.15, 0.2) is 24.3 Å². The van der Waals surface area contributed by atoms with Crippen molar-refractivity contribution in [1.29, 1.82) is 0 Å². The minimum absolute atomic E-state index is 0.147. The quantitative estimate of drug-likeness (QED) is 0.478. The van der Waals surface area contributed by atoms with Gasteiger partial charge in [0.25, 0.3) is 5.91 Å². The Bertz CT molecular complexity index is 945. The molecule has 1 amide bonds. The summed E-state index contributed by atoms with van der Waals surface area (Å²) in [6, 6.07) is 5.00. The minimum atomic E-state index is -0.470. The lowest BCUT2D eigenvalue weighted by Crippen LogP contribution is -2.41. The van der Waals surface area contributed by atoms with E-state index < -0.39 is 11.8 Å². The zero-order chi connectivity index (χ0) is 22.6. The Labute approximate surface area is 176 Å². The molecule has 0 N–H and O–H groups in total. The number of benzene rings is 1. The van der Waals surface area contributed by atoms with Crippen molar-refractivity contribution in [3.05, 3.63) is 58.2 Å². The Morgan fingerprint density at radius 2 is 1.70 bits per heavy atom. The number of amides is 1. The molecule has 0 aliphatic rings. The summed E-state index contributed by atoms with van der Waals surface area (Å²) in [6.45, 7) is 11.4. The fourth-order valence-electron chi connectivity index (χ4n) is 3.64. The average molecular weight is 416 g/mol. The molecule has 0 unspecified atom stereocenters. The van der Waals surface area contributed by atoms with E-state index in [-0.39, 0.29) is 30.9 Å². The van der Waals surface area contributed by atoms with Crippen molar-refractivity contribution < 1.29 is 23.5 Å². The van der Waals surface area contributed by atoms with Gasteiger partial charge in [0.2, 0.25) is 0 Å². The van der Waals surface area contributed by atoms with E-state index in [4.69, 9.17) is 4.74 Å². The summed E-state index contributed by atoms with van der Waals surface area (Å²) in [5.41, 5.74) is 2.32. The van der Waals surface area contributed by atoms with Gasteiger partial charge in [0.1, 0.15) is 11.5 Å². The zero-order valence-corrected chi connectivity index (χ0v) is 18.4. The first-order valence-electron chi connectivity index (χ1n) is 10.1. The highest BCUT2D eigenvalue weighted by molar-refractivity contribution is 6.06. The van der Waals surface area contributed by atoms with E-state index in [1.54, 1.807) is 25.3 Å². The number of esters is 1. The van der Waals surface area contributed by atoms with Crippen LogP contribution >= 0.6 is 0 Å². The van der Waals surface area contributed by atoms with E-state index in [1.807, 2.05) is 20.8 Å². The molecule has 0 radical (unpaired) electrons. The molecular weight excluding hydrogens is 387 g/mol. The SMILES string of the molecule is CCOC(=O)c1c(C)c(C(=O)CN(C(=O)c2ccc(F)cc2)C(C)C)c(C)n1CC. The number of nitrogens with zero attached hydrogens (tertiary/aromatic N) is 2. The van der Waals surface area contributed by atoms with Gasteiger partial charge in [-0.2, -0.15) is 0 Å². The summed E-state index contributed by atoms with van der Waals surface area (Å²) in [7, 11) is 0. The van der Waals surface area contributed by atoms with E-state index in [0.29, 0.717) is 34.6 Å². The monoisotopic (exact) mass is 416 g/mol. The molecule has 0 spiro atoms. The lowest BCUT2D eigenvalue weighted by molar-refractivity contribution is 0.0512. The number of carbonyl (C=O) groups excluding carboxylic acids is 3. The van der Waals surface area contributed by atoms with Crippen molar-refractivity contribution in [2.45, 2.75) is 54.1 Å². The first-order valence-corrected chi connectivity index (χ1v) is 10.1. The molecule has 1 aromatic carbocycles. The van der Waals surface area contributed by atoms with Gasteiger partial charge in [0.15, 0.2) is 5.78 Å². The fraction of sp³-hybridized carbons (Fsp3) is 0.435. The predicted molar refractivity (Wildman–Crippen MR) is 112 cm³/mol. The summed E-state index contributed by atoms with van der Waals surface area (Å²) in [6.07, 6.45) is 0. The Hall–Kier alpha value is -2.96. The number of ether oxygens (including phenoxy) is 1. The highest BCUT2D eigenvalue weighted by Gasteiger charge is 2.29. The molecule has 6 nitrogen and oxygen atoms in total. The predicted octanol–water partition coefficient (Wildman–Crippen LogP) is 4.17. The smallest absolute Gasteiger partial charge is 0.355 e. The first-order chi connectivity index (χ1) is 14.1. The number of hydrogen-bond donors (Lipinski definition) is 0. The Kier molecular flexibility index (Phi) is 7.54. The molecule has 2 aromatic rings. The van der Waals surface area contributed by atoms with Gasteiger partial charge >= 0.3 is 5.97 Å². The summed E-state index contributed by atoms with van der Waals surface area (Å²) in [5, 5.41) is 0. The highest BCUT2D eigenvalue weighted by Crippen LogP contribution is 2.24. The molecule has 0 aliphatic carbocycles. The van der Waals surface area contributed by atoms with E-state index >= 15 is 0 Å². The summed E-state index contributed by atoms with van der Waals surface area (Å²) < 4.78 is 20.1. The van der Waals surface area contributed by atoms with Crippen LogP contribution in [0.3, 0.4) is 0 Å². The molecule has 0 aliphatic heterocycles. The number of rotatable bonds is 8. The van der Waals surface area contributed by atoms with Gasteiger partial charge in [0, 0.05) is 29.4 Å². The third-order valence-electron chi connectivity index (χ3n) is 5.12. The van der Waals surface area contributed by atoms with Crippen molar-refractivity contribution in [2.24, 2.45) is 0 Å². The fourth-order valence-corrected chi connectivity index (χ4v) is 3.64. The number of ketones is 1. The first kappa shape index (κ1) is 23.3. The van der Waals surface area contributed by atoms with Crippen molar-refractivity contribution in [1.82, 2.24) is 9.47 Å². The maximum absolute atomic E-state index is 13.2. The number of Topliss-reactive ketones (excluding diaryl/α,β-unsaturated/α-hetero) is 1. The Morgan fingerprint density at radius 3 is 2.20 bits per heavy atom. The largest absolute Gasteiger partial charge is 0.461 e. The molecule has 0 saturated carbocycles. The van der Waals surface area contributed by atoms with E-state index in [9.17, 15) is 18.8 Å². The Balaban J connectivity index is 2.40. The summed E-state index contributed by atoms with van der Waals surface area (Å²) in [4.78, 5) is 40.0. The van der Waals surface area contributed by atoms with E-state index in [1.165, 1.54) is 29.2 Å². The summed E-state index contributed by atoms with van der Waals surface area (Å²) in [5.74, 6) is -1.51. The van der Waals surface area contributed by atoms with Crippen molar-refractivity contribution in [3.8, 4) is 0 Å². The second kappa shape index (κ2) is 9.69. The van der Waals surface area contributed by atoms with Crippen LogP contribution in [0.5, 0.6) is 0 Å². The van der Waals surface area contributed by atoms with Crippen LogP contribution in [0.4, 0.5) is 4.39 Å². The van der Waals surface area contributed by atoms with Gasteiger partial charge in [-0.05, 0) is 71.4 Å². The molecule has 0 bridgehead atoms. The number of hydrogen-bond acceptors (Lipinski definition) is 4. The maximum Gasteiger partial charge on any atom is 0.355 e. The second-order valence-electron chi connectivity index (χ2n) is 7.36. The van der Waals surface area contributed by atoms with Crippen LogP contribution in [0.1, 0.15) is 70.2 Å². The lowest BCUT2D eigenvalue weighted by atomic mass is 10.0. The number of aromatic nitrogens is 1. The van der Waals surface area contributed by atoms with Crippen molar-refractivity contribution in [3.63, 3.8) is 0 Å². The van der Waals surface area contributed by atoms with Gasteiger partial charge in [-0.3, -0.25) is 9.59 Å². The zero-order valence-electron chi connectivity index (χ0n) is 18.4. The molecule has 2 rings (SSSR count). The van der Waals surface area contributed by atoms with Gasteiger partial charge in [-0.15, -0.1) is 0 Å². The number of halogens is 1. The van der Waals surface area contributed by atoms with Gasteiger partial charge in [-0.1, -0.05) is 0 Å². The molecule has 0 saturated heterocycles. The van der Waals surface area contributed by atoms with Crippen molar-refractivity contribution >= 4 is 17.7 Å². The highest BCUT2D eigenvalue weighted by atomic mass is 19.1. The van der Waals surface area contributed by atoms with Crippen LogP contribution in [0.2, 0.25) is 0 Å². The van der Waals surface area contributed by atoms with Crippen molar-refractivity contribution in [2.75, 3.05) is 13.2 Å². The van der Waals surface area contributed by atoms with Gasteiger partial charge in [-0.25, -0.2) is 9.18 Å². The van der Waals surface area contributed by atoms with Gasteiger partial charge in [0.05, 0.1) is 13.2 Å². The van der Waals surface area contributed by atoms with Gasteiger partial charge < -0.3 is 14.2 Å². The molecule has 0 atom stereocenters. The van der Waals surface area contributed by atoms with Crippen LogP contribution < -0.4 is 0 Å². The van der Waals surface area contributed by atoms with Crippen LogP contribution in [0, 0.1) is 19.7 Å². The van der Waals surface area contributed by atoms with E-state index in [0.717, 1.165) is 0 Å². The third kappa shape index (κ3) is 4.61. The summed E-state index contributed by atoms with van der Waals surface area (Å²) >= 11 is 0. The van der Waals surface area contributed by atoms with Crippen LogP contribution in [-0.4, -0.2) is 46.3 Å². The standard InChI is InChI=1S/C23H29FN2O4/c1-7-25-16(6)20(15(5)21(25)23(29)30-8-2)19(27)13-26(14(3)4)22(28)17-9-11-18(24)12-10-17/h9-12,14H,7-8,13H2,1-6H3. The molecule has 30 heavy (non-hydrogen) atoms. The molecular formula is C23H29FN2O4. The lowest BCUT2D eigenvalue weighted by Gasteiger charge is -2.26. The molecule has 162 valence electrons. The maximum atomic E-state index is 13.2. The Morgan fingerprint density at radius 1 is 1.10 bits per heavy atom. The third-order valence-corrected chi connectivity index (χ3v) is 5.12. The topological polar surface area (TPSA) is 68.6 Å². The minimum Gasteiger partial charge on any atom is -0.461 e. The second-order valence-corrected chi connectivity index (χ2v) is 7.36. The van der Waals surface area contributed by atoms with Crippen LogP contribution in [-0.2, 0) is 11.3 Å². The average Bonchev–Trinajstić information content (AvgIpc) is 2.95. The molecule has 7 heteroatoms. The molecule has 1 aromatic heterocycles. The van der Waals surface area contributed by atoms with E-state index in [2.05, 4.69) is 0 Å². The number of carbonyl (C=O) groups is 3. The van der Waals surface area contributed by atoms with Crippen LogP contribution in [0.25, 0.3) is 0 Å². The molecule has 1 heterocycles. The molecule has 0 fully saturated rings.